The molecule has 1 amide bonds. The topological polar surface area (TPSA) is 40.5 Å². The van der Waals surface area contributed by atoms with E-state index in [1.165, 1.54) is 0 Å². The summed E-state index contributed by atoms with van der Waals surface area (Å²) in [5, 5.41) is 10.0. The van der Waals surface area contributed by atoms with E-state index in [-0.39, 0.29) is 18.0 Å². The Morgan fingerprint density at radius 3 is 2.24 bits per heavy atom. The Labute approximate surface area is 124 Å². The highest BCUT2D eigenvalue weighted by molar-refractivity contribution is 5.88. The predicted octanol–water partition coefficient (Wildman–Crippen LogP) is 2.56. The Hall–Kier alpha value is -2.13. The van der Waals surface area contributed by atoms with Crippen LogP contribution in [0.25, 0.3) is 0 Å². The number of nitrogens with zero attached hydrogens (tertiary/aromatic N) is 1. The predicted molar refractivity (Wildman–Crippen MR) is 81.6 cm³/mol. The third kappa shape index (κ3) is 2.57. The zero-order chi connectivity index (χ0) is 14.8. The van der Waals surface area contributed by atoms with E-state index in [1.807, 2.05) is 67.6 Å². The molecule has 2 aromatic carbocycles. The average Bonchev–Trinajstić information content (AvgIpc) is 2.55. The SMILES string of the molecule is C[C@H](c1ccccc1)N1C(=O)[C@@H](O)[C@H]1Cc1ccccc1. The van der Waals surface area contributed by atoms with Crippen LogP contribution in [0, 0.1) is 0 Å². The van der Waals surface area contributed by atoms with E-state index in [2.05, 4.69) is 0 Å². The van der Waals surface area contributed by atoms with Crippen LogP contribution in [0.4, 0.5) is 0 Å². The summed E-state index contributed by atoms with van der Waals surface area (Å²) in [6.45, 7) is 2.01. The number of carbonyl (C=O) groups excluding carboxylic acids is 1. The minimum Gasteiger partial charge on any atom is -0.381 e. The van der Waals surface area contributed by atoms with Gasteiger partial charge in [0.15, 0.2) is 6.10 Å². The Morgan fingerprint density at radius 1 is 1.05 bits per heavy atom. The molecule has 0 unspecified atom stereocenters. The second-order valence-corrected chi connectivity index (χ2v) is 5.53. The van der Waals surface area contributed by atoms with Gasteiger partial charge in [-0.3, -0.25) is 4.79 Å². The van der Waals surface area contributed by atoms with Crippen molar-refractivity contribution < 1.29 is 9.90 Å². The van der Waals surface area contributed by atoms with Crippen LogP contribution in [-0.4, -0.2) is 28.1 Å². The van der Waals surface area contributed by atoms with E-state index in [1.54, 1.807) is 4.90 Å². The standard InChI is InChI=1S/C18H19NO2/c1-13(15-10-6-3-7-11-15)19-16(17(20)18(19)21)12-14-8-4-2-5-9-14/h2-11,13,16-17,20H,12H2,1H3/t13-,16-,17+/m1/s1. The van der Waals surface area contributed by atoms with Gasteiger partial charge < -0.3 is 10.0 Å². The highest BCUT2D eigenvalue weighted by atomic mass is 16.3. The van der Waals surface area contributed by atoms with Gasteiger partial charge in [-0.25, -0.2) is 0 Å². The lowest BCUT2D eigenvalue weighted by atomic mass is 9.88. The molecule has 3 atom stereocenters. The molecule has 1 aliphatic heterocycles. The smallest absolute Gasteiger partial charge is 0.254 e. The second-order valence-electron chi connectivity index (χ2n) is 5.53. The molecule has 0 saturated carbocycles. The summed E-state index contributed by atoms with van der Waals surface area (Å²) in [4.78, 5) is 13.9. The van der Waals surface area contributed by atoms with Crippen molar-refractivity contribution in [3.05, 3.63) is 71.8 Å². The van der Waals surface area contributed by atoms with E-state index in [0.29, 0.717) is 6.42 Å². The van der Waals surface area contributed by atoms with Crippen molar-refractivity contribution in [2.24, 2.45) is 0 Å². The summed E-state index contributed by atoms with van der Waals surface area (Å²) in [7, 11) is 0. The molecule has 1 saturated heterocycles. The van der Waals surface area contributed by atoms with Crippen LogP contribution >= 0.6 is 0 Å². The third-order valence-electron chi connectivity index (χ3n) is 4.22. The number of amides is 1. The van der Waals surface area contributed by atoms with Crippen molar-refractivity contribution >= 4 is 5.91 Å². The Bertz CT molecular complexity index is 612. The molecule has 0 spiro atoms. The summed E-state index contributed by atoms with van der Waals surface area (Å²) >= 11 is 0. The molecule has 1 heterocycles. The molecule has 0 bridgehead atoms. The number of likely N-dealkylation sites (tertiary alicyclic amines) is 1. The van der Waals surface area contributed by atoms with E-state index < -0.39 is 6.10 Å². The number of benzene rings is 2. The molecule has 2 aromatic rings. The normalized spacial score (nSPS) is 22.8. The molecule has 3 rings (SSSR count). The summed E-state index contributed by atoms with van der Waals surface area (Å²) in [5.41, 5.74) is 2.23. The second kappa shape index (κ2) is 5.70. The van der Waals surface area contributed by atoms with Crippen LogP contribution in [-0.2, 0) is 11.2 Å². The molecule has 0 aliphatic carbocycles. The number of β-lactam (4-membered cyclic amide) rings is 1. The van der Waals surface area contributed by atoms with E-state index in [9.17, 15) is 9.90 Å². The Morgan fingerprint density at radius 2 is 1.62 bits per heavy atom. The van der Waals surface area contributed by atoms with Gasteiger partial charge in [0.05, 0.1) is 12.1 Å². The van der Waals surface area contributed by atoms with Gasteiger partial charge in [0.25, 0.3) is 5.91 Å². The van der Waals surface area contributed by atoms with Crippen molar-refractivity contribution in [1.29, 1.82) is 0 Å². The van der Waals surface area contributed by atoms with Gasteiger partial charge in [-0.2, -0.15) is 0 Å². The van der Waals surface area contributed by atoms with Crippen LogP contribution in [0.15, 0.2) is 60.7 Å². The quantitative estimate of drug-likeness (QED) is 0.875. The van der Waals surface area contributed by atoms with Crippen LogP contribution in [0.3, 0.4) is 0 Å². The highest BCUT2D eigenvalue weighted by Gasteiger charge is 2.48. The van der Waals surface area contributed by atoms with Gasteiger partial charge in [-0.1, -0.05) is 60.7 Å². The maximum absolute atomic E-state index is 12.1. The molecule has 1 fully saturated rings. The van der Waals surface area contributed by atoms with Gasteiger partial charge in [0.1, 0.15) is 0 Å². The summed E-state index contributed by atoms with van der Waals surface area (Å²) in [6, 6.07) is 19.8. The molecule has 3 nitrogen and oxygen atoms in total. The van der Waals surface area contributed by atoms with Crippen LogP contribution < -0.4 is 0 Å². The number of hydrogen-bond donors (Lipinski definition) is 1. The van der Waals surface area contributed by atoms with E-state index in [4.69, 9.17) is 0 Å². The van der Waals surface area contributed by atoms with Crippen LogP contribution in [0.2, 0.25) is 0 Å². The maximum atomic E-state index is 12.1. The van der Waals surface area contributed by atoms with Crippen LogP contribution in [0.5, 0.6) is 0 Å². The van der Waals surface area contributed by atoms with Crippen molar-refractivity contribution in [2.75, 3.05) is 0 Å². The monoisotopic (exact) mass is 281 g/mol. The fourth-order valence-corrected chi connectivity index (χ4v) is 2.99. The first-order chi connectivity index (χ1) is 10.2. The largest absolute Gasteiger partial charge is 0.381 e. The molecule has 3 heteroatoms. The molecule has 108 valence electrons. The van der Waals surface area contributed by atoms with E-state index in [0.717, 1.165) is 11.1 Å². The average molecular weight is 281 g/mol. The lowest BCUT2D eigenvalue weighted by Crippen LogP contribution is -2.65. The fraction of sp³-hybridized carbons (Fsp3) is 0.278. The molecule has 0 radical (unpaired) electrons. The number of rotatable bonds is 4. The van der Waals surface area contributed by atoms with Gasteiger partial charge in [0.2, 0.25) is 0 Å². The first kappa shape index (κ1) is 13.8. The van der Waals surface area contributed by atoms with Crippen molar-refractivity contribution in [2.45, 2.75) is 31.5 Å². The summed E-state index contributed by atoms with van der Waals surface area (Å²) in [6.07, 6.45) is -0.193. The zero-order valence-corrected chi connectivity index (χ0v) is 12.0. The molecular formula is C18H19NO2. The summed E-state index contributed by atoms with van der Waals surface area (Å²) < 4.78 is 0. The molecular weight excluding hydrogens is 262 g/mol. The Kier molecular flexibility index (Phi) is 3.76. The third-order valence-corrected chi connectivity index (χ3v) is 4.22. The highest BCUT2D eigenvalue weighted by Crippen LogP contribution is 2.33. The molecule has 1 N–H and O–H groups in total. The van der Waals surface area contributed by atoms with Gasteiger partial charge in [-0.15, -0.1) is 0 Å². The van der Waals surface area contributed by atoms with Crippen molar-refractivity contribution in [3.63, 3.8) is 0 Å². The number of carbonyl (C=O) groups is 1. The molecule has 0 aromatic heterocycles. The van der Waals surface area contributed by atoms with Gasteiger partial charge in [0, 0.05) is 0 Å². The van der Waals surface area contributed by atoms with Crippen molar-refractivity contribution in [1.82, 2.24) is 4.90 Å². The first-order valence-electron chi connectivity index (χ1n) is 7.27. The first-order valence-corrected chi connectivity index (χ1v) is 7.27. The van der Waals surface area contributed by atoms with Crippen molar-refractivity contribution in [3.8, 4) is 0 Å². The minimum atomic E-state index is -0.878. The zero-order valence-electron chi connectivity index (χ0n) is 12.0. The van der Waals surface area contributed by atoms with Gasteiger partial charge in [-0.05, 0) is 24.5 Å². The maximum Gasteiger partial charge on any atom is 0.254 e. The number of aliphatic hydroxyl groups excluding tert-OH is 1. The van der Waals surface area contributed by atoms with E-state index >= 15 is 0 Å². The summed E-state index contributed by atoms with van der Waals surface area (Å²) in [5.74, 6) is -0.174. The van der Waals surface area contributed by atoms with Crippen LogP contribution in [0.1, 0.15) is 24.1 Å². The molecule has 1 aliphatic rings. The number of aliphatic hydroxyl groups is 1. The number of hydrogen-bond acceptors (Lipinski definition) is 2. The fourth-order valence-electron chi connectivity index (χ4n) is 2.99. The lowest BCUT2D eigenvalue weighted by molar-refractivity contribution is -0.171. The minimum absolute atomic E-state index is 0.0178. The van der Waals surface area contributed by atoms with Gasteiger partial charge >= 0.3 is 0 Å². The lowest BCUT2D eigenvalue weighted by Gasteiger charge is -2.48. The molecule has 21 heavy (non-hydrogen) atoms. The Balaban J connectivity index is 1.79.